The molecule has 2 nitrogen and oxygen atoms in total. The molecule has 0 aromatic heterocycles. The summed E-state index contributed by atoms with van der Waals surface area (Å²) in [6.07, 6.45) is 0. The Morgan fingerprint density at radius 3 is 1.82 bits per heavy atom. The largest absolute Gasteiger partial charge is 0.331 e. The molecule has 11 heavy (non-hydrogen) atoms. The summed E-state index contributed by atoms with van der Waals surface area (Å²) in [5.41, 5.74) is 0. The van der Waals surface area contributed by atoms with Gasteiger partial charge in [0.1, 0.15) is 0 Å². The Morgan fingerprint density at radius 1 is 1.36 bits per heavy atom. The number of rotatable bonds is 0. The van der Waals surface area contributed by atoms with Gasteiger partial charge in [0.25, 0.3) is 5.92 Å². The van der Waals surface area contributed by atoms with Crippen LogP contribution in [0.25, 0.3) is 0 Å². The van der Waals surface area contributed by atoms with Crippen molar-refractivity contribution < 1.29 is 13.6 Å². The van der Waals surface area contributed by atoms with Crippen LogP contribution in [0.1, 0.15) is 20.8 Å². The molecule has 1 rings (SSSR count). The Kier molecular flexibility index (Phi) is 3.42. The van der Waals surface area contributed by atoms with E-state index in [1.54, 1.807) is 0 Å². The lowest BCUT2D eigenvalue weighted by molar-refractivity contribution is -0.163. The molecule has 0 unspecified atom stereocenters. The Labute approximate surface area is 65.2 Å². The molecule has 0 spiro atoms. The van der Waals surface area contributed by atoms with Gasteiger partial charge in [0.05, 0.1) is 13.1 Å². The number of carbonyl (C=O) groups excluding carboxylic acids is 1. The Morgan fingerprint density at radius 2 is 1.73 bits per heavy atom. The number of likely N-dealkylation sites (tertiary alicyclic amines) is 1. The topological polar surface area (TPSA) is 20.3 Å². The van der Waals surface area contributed by atoms with Gasteiger partial charge in [-0.15, -0.1) is 0 Å². The van der Waals surface area contributed by atoms with Crippen LogP contribution in [-0.4, -0.2) is 29.8 Å². The third kappa shape index (κ3) is 2.82. The van der Waals surface area contributed by atoms with Gasteiger partial charge in [0.15, 0.2) is 0 Å². The van der Waals surface area contributed by atoms with Crippen LogP contribution in [0.3, 0.4) is 0 Å². The highest BCUT2D eigenvalue weighted by atomic mass is 19.3. The van der Waals surface area contributed by atoms with Crippen LogP contribution in [0, 0.1) is 0 Å². The lowest BCUT2D eigenvalue weighted by Gasteiger charge is -2.37. The van der Waals surface area contributed by atoms with Crippen molar-refractivity contribution in [1.29, 1.82) is 0 Å². The zero-order valence-electron chi connectivity index (χ0n) is 7.03. The smallest absolute Gasteiger partial charge is 0.282 e. The third-order valence-corrected chi connectivity index (χ3v) is 1.29. The lowest BCUT2D eigenvalue weighted by Crippen LogP contribution is -2.57. The molecule has 1 saturated heterocycles. The number of halogens is 2. The fourth-order valence-electron chi connectivity index (χ4n) is 0.735. The first-order valence-corrected chi connectivity index (χ1v) is 3.65. The van der Waals surface area contributed by atoms with E-state index in [2.05, 4.69) is 0 Å². The highest BCUT2D eigenvalue weighted by molar-refractivity contribution is 5.74. The van der Waals surface area contributed by atoms with E-state index in [-0.39, 0.29) is 5.91 Å². The van der Waals surface area contributed by atoms with Crippen molar-refractivity contribution in [3.63, 3.8) is 0 Å². The summed E-state index contributed by atoms with van der Waals surface area (Å²) in [6.45, 7) is 4.49. The van der Waals surface area contributed by atoms with Crippen molar-refractivity contribution in [2.45, 2.75) is 26.7 Å². The van der Waals surface area contributed by atoms with Gasteiger partial charge >= 0.3 is 0 Å². The molecule has 0 aromatic carbocycles. The average Bonchev–Trinajstić information content (AvgIpc) is 1.87. The quantitative estimate of drug-likeness (QED) is 0.532. The van der Waals surface area contributed by atoms with Crippen LogP contribution >= 0.6 is 0 Å². The van der Waals surface area contributed by atoms with Crippen molar-refractivity contribution in [2.24, 2.45) is 0 Å². The summed E-state index contributed by atoms with van der Waals surface area (Å²) in [5.74, 6) is -2.90. The van der Waals surface area contributed by atoms with Gasteiger partial charge in [-0.2, -0.15) is 0 Å². The number of nitrogens with zero attached hydrogens (tertiary/aromatic N) is 1. The van der Waals surface area contributed by atoms with Gasteiger partial charge in [-0.25, -0.2) is 8.78 Å². The second-order valence-corrected chi connectivity index (χ2v) is 2.23. The molecule has 0 aliphatic carbocycles. The van der Waals surface area contributed by atoms with Crippen LogP contribution in [-0.2, 0) is 4.79 Å². The van der Waals surface area contributed by atoms with Crippen LogP contribution in [0.15, 0.2) is 0 Å². The second-order valence-electron chi connectivity index (χ2n) is 2.23. The molecule has 0 N–H and O–H groups in total. The number of hydrogen-bond acceptors (Lipinski definition) is 1. The minimum atomic E-state index is -2.62. The van der Waals surface area contributed by atoms with Crippen LogP contribution in [0.2, 0.25) is 0 Å². The highest BCUT2D eigenvalue weighted by Crippen LogP contribution is 2.25. The van der Waals surface area contributed by atoms with Gasteiger partial charge in [-0.3, -0.25) is 4.79 Å². The summed E-state index contributed by atoms with van der Waals surface area (Å²) in [7, 11) is 0. The van der Waals surface area contributed by atoms with Gasteiger partial charge in [-0.05, 0) is 0 Å². The predicted molar refractivity (Wildman–Crippen MR) is 38.5 cm³/mol. The van der Waals surface area contributed by atoms with Gasteiger partial charge in [0, 0.05) is 6.92 Å². The van der Waals surface area contributed by atoms with E-state index in [0.717, 1.165) is 4.90 Å². The van der Waals surface area contributed by atoms with Gasteiger partial charge < -0.3 is 4.90 Å². The van der Waals surface area contributed by atoms with E-state index in [1.165, 1.54) is 6.92 Å². The molecule has 0 bridgehead atoms. The summed E-state index contributed by atoms with van der Waals surface area (Å²) in [6, 6.07) is 0. The monoisotopic (exact) mass is 165 g/mol. The minimum absolute atomic E-state index is 0.277. The molecule has 0 aromatic rings. The molecule has 66 valence electrons. The summed E-state index contributed by atoms with van der Waals surface area (Å²) in [5, 5.41) is 0. The summed E-state index contributed by atoms with van der Waals surface area (Å²) >= 11 is 0. The summed E-state index contributed by atoms with van der Waals surface area (Å²) < 4.78 is 23.9. The standard InChI is InChI=1S/C5H7F2NO.C2H6/c1-4(9)8-2-5(6,7)3-8;1-2/h2-3H2,1H3;1-2H3. The fourth-order valence-corrected chi connectivity index (χ4v) is 0.735. The predicted octanol–water partition coefficient (Wildman–Crippen LogP) is 1.51. The van der Waals surface area contributed by atoms with E-state index in [4.69, 9.17) is 0 Å². The number of carbonyl (C=O) groups is 1. The zero-order valence-corrected chi connectivity index (χ0v) is 7.03. The molecule has 0 saturated carbocycles. The first-order valence-electron chi connectivity index (χ1n) is 3.65. The third-order valence-electron chi connectivity index (χ3n) is 1.29. The van der Waals surface area contributed by atoms with Crippen molar-refractivity contribution in [3.8, 4) is 0 Å². The maximum absolute atomic E-state index is 12.0. The van der Waals surface area contributed by atoms with E-state index in [0.29, 0.717) is 0 Å². The Bertz CT molecular complexity index is 139. The van der Waals surface area contributed by atoms with Crippen LogP contribution in [0.5, 0.6) is 0 Å². The van der Waals surface area contributed by atoms with E-state index < -0.39 is 19.0 Å². The molecule has 1 amide bonds. The number of hydrogen-bond donors (Lipinski definition) is 0. The first-order chi connectivity index (χ1) is 5.01. The molecule has 4 heteroatoms. The molecule has 0 atom stereocenters. The summed E-state index contributed by atoms with van der Waals surface area (Å²) in [4.78, 5) is 11.4. The van der Waals surface area contributed by atoms with Gasteiger partial charge in [-0.1, -0.05) is 13.8 Å². The molecule has 1 aliphatic rings. The van der Waals surface area contributed by atoms with Crippen LogP contribution in [0.4, 0.5) is 8.78 Å². The molecular weight excluding hydrogens is 152 g/mol. The van der Waals surface area contributed by atoms with Crippen molar-refractivity contribution in [2.75, 3.05) is 13.1 Å². The van der Waals surface area contributed by atoms with Crippen molar-refractivity contribution in [1.82, 2.24) is 4.90 Å². The van der Waals surface area contributed by atoms with Crippen molar-refractivity contribution in [3.05, 3.63) is 0 Å². The van der Waals surface area contributed by atoms with Gasteiger partial charge in [0.2, 0.25) is 5.91 Å². The molecule has 1 aliphatic heterocycles. The van der Waals surface area contributed by atoms with E-state index in [1.807, 2.05) is 13.8 Å². The highest BCUT2D eigenvalue weighted by Gasteiger charge is 2.44. The normalized spacial score (nSPS) is 19.5. The van der Waals surface area contributed by atoms with E-state index in [9.17, 15) is 13.6 Å². The number of alkyl halides is 2. The molecule has 1 fully saturated rings. The zero-order chi connectivity index (χ0) is 9.07. The number of amides is 1. The Hall–Kier alpha value is -0.670. The maximum atomic E-state index is 12.0. The Balaban J connectivity index is 0.000000461. The second kappa shape index (κ2) is 3.64. The lowest BCUT2D eigenvalue weighted by atomic mass is 10.1. The first kappa shape index (κ1) is 10.3. The maximum Gasteiger partial charge on any atom is 0.282 e. The van der Waals surface area contributed by atoms with Crippen molar-refractivity contribution >= 4 is 5.91 Å². The minimum Gasteiger partial charge on any atom is -0.331 e. The molecular formula is C7H13F2NO. The molecule has 0 radical (unpaired) electrons. The SMILES string of the molecule is CC.CC(=O)N1CC(F)(F)C1. The molecule has 1 heterocycles. The van der Waals surface area contributed by atoms with Crippen LogP contribution < -0.4 is 0 Å². The average molecular weight is 165 g/mol. The van der Waals surface area contributed by atoms with E-state index >= 15 is 0 Å². The fraction of sp³-hybridized carbons (Fsp3) is 0.857.